The Labute approximate surface area is 228 Å². The highest BCUT2D eigenvalue weighted by molar-refractivity contribution is 7.99. The predicted octanol–water partition coefficient (Wildman–Crippen LogP) is 5.42. The number of ketones is 1. The zero-order chi connectivity index (χ0) is 26.2. The minimum atomic E-state index is -0.0327. The molecule has 0 amide bonds. The van der Waals surface area contributed by atoms with Gasteiger partial charge < -0.3 is 4.74 Å². The van der Waals surface area contributed by atoms with Crippen LogP contribution in [0, 0.1) is 5.92 Å². The number of aryl methyl sites for hydroxylation is 2. The van der Waals surface area contributed by atoms with Gasteiger partial charge in [0.1, 0.15) is 4.83 Å². The zero-order valence-electron chi connectivity index (χ0n) is 21.3. The molecule has 38 heavy (non-hydrogen) atoms. The molecule has 0 spiro atoms. The molecular formula is C29H28N4O3S2. The number of thiophene rings is 1. The SMILES string of the molecule is CC(C)[C@@H]1Cc2c(sc3c2c(=O)n(CCc2ccccc2)c2nnc(SCC(=O)c4ccccc4)n32)CO1. The van der Waals surface area contributed by atoms with E-state index in [4.69, 9.17) is 4.74 Å². The van der Waals surface area contributed by atoms with Crippen LogP contribution in [-0.2, 0) is 30.7 Å². The number of ether oxygens (including phenoxy) is 1. The van der Waals surface area contributed by atoms with E-state index in [1.54, 1.807) is 15.9 Å². The summed E-state index contributed by atoms with van der Waals surface area (Å²) in [5.74, 6) is 1.12. The van der Waals surface area contributed by atoms with Gasteiger partial charge in [-0.3, -0.25) is 14.2 Å². The number of carbonyl (C=O) groups is 1. The molecular weight excluding hydrogens is 516 g/mol. The van der Waals surface area contributed by atoms with Crippen LogP contribution in [0.5, 0.6) is 0 Å². The molecule has 194 valence electrons. The highest BCUT2D eigenvalue weighted by atomic mass is 32.2. The largest absolute Gasteiger partial charge is 0.372 e. The van der Waals surface area contributed by atoms with Crippen LogP contribution < -0.4 is 5.56 Å². The Kier molecular flexibility index (Phi) is 6.90. The summed E-state index contributed by atoms with van der Waals surface area (Å²) in [6.07, 6.45) is 1.49. The number of fused-ring (bicyclic) bond motifs is 5. The van der Waals surface area contributed by atoms with E-state index in [0.717, 1.165) is 26.2 Å². The number of Topliss-reactive ketones (excluding diaryl/α,β-unsaturated/α-hetero) is 1. The smallest absolute Gasteiger partial charge is 0.263 e. The van der Waals surface area contributed by atoms with Crippen LogP contribution in [0.1, 0.15) is 40.2 Å². The molecule has 0 fully saturated rings. The molecule has 1 atom stereocenters. The van der Waals surface area contributed by atoms with E-state index >= 15 is 0 Å². The van der Waals surface area contributed by atoms with Crippen LogP contribution in [0.25, 0.3) is 16.0 Å². The number of aromatic nitrogens is 4. The Hall–Kier alpha value is -3.27. The molecule has 2 aromatic carbocycles. The third-order valence-corrected chi connectivity index (χ3v) is 9.18. The molecule has 0 saturated heterocycles. The fraction of sp³-hybridized carbons (Fsp3) is 0.310. The molecule has 3 aromatic heterocycles. The molecule has 1 aliphatic heterocycles. The van der Waals surface area contributed by atoms with Gasteiger partial charge in [0.25, 0.3) is 5.56 Å². The lowest BCUT2D eigenvalue weighted by Gasteiger charge is -2.26. The Morgan fingerprint density at radius 1 is 1.11 bits per heavy atom. The maximum Gasteiger partial charge on any atom is 0.263 e. The first kappa shape index (κ1) is 25.0. The zero-order valence-corrected chi connectivity index (χ0v) is 22.9. The lowest BCUT2D eigenvalue weighted by Crippen LogP contribution is -2.29. The molecule has 1 aliphatic rings. The third kappa shape index (κ3) is 4.59. The maximum atomic E-state index is 14.0. The monoisotopic (exact) mass is 544 g/mol. The fourth-order valence-corrected chi connectivity index (χ4v) is 7.06. The highest BCUT2D eigenvalue weighted by Gasteiger charge is 2.30. The molecule has 5 aromatic rings. The summed E-state index contributed by atoms with van der Waals surface area (Å²) in [4.78, 5) is 28.8. The van der Waals surface area contributed by atoms with Crippen LogP contribution in [0.3, 0.4) is 0 Å². The van der Waals surface area contributed by atoms with E-state index in [2.05, 4.69) is 36.2 Å². The van der Waals surface area contributed by atoms with Crippen LogP contribution in [0.2, 0.25) is 0 Å². The maximum absolute atomic E-state index is 14.0. The predicted molar refractivity (Wildman–Crippen MR) is 151 cm³/mol. The molecule has 0 bridgehead atoms. The van der Waals surface area contributed by atoms with Crippen molar-refractivity contribution in [2.75, 3.05) is 5.75 Å². The molecule has 7 nitrogen and oxygen atoms in total. The van der Waals surface area contributed by atoms with Gasteiger partial charge in [-0.15, -0.1) is 21.5 Å². The lowest BCUT2D eigenvalue weighted by molar-refractivity contribution is 0.00200. The summed E-state index contributed by atoms with van der Waals surface area (Å²) in [5, 5.41) is 10.3. The van der Waals surface area contributed by atoms with E-state index in [-0.39, 0.29) is 23.2 Å². The van der Waals surface area contributed by atoms with E-state index in [1.807, 2.05) is 52.9 Å². The first-order valence-corrected chi connectivity index (χ1v) is 14.6. The lowest BCUT2D eigenvalue weighted by atomic mass is 9.96. The number of rotatable bonds is 8. The summed E-state index contributed by atoms with van der Waals surface area (Å²) in [7, 11) is 0. The van der Waals surface area contributed by atoms with Crippen molar-refractivity contribution in [1.82, 2.24) is 19.2 Å². The highest BCUT2D eigenvalue weighted by Crippen LogP contribution is 2.37. The minimum Gasteiger partial charge on any atom is -0.372 e. The van der Waals surface area contributed by atoms with Crippen LogP contribution in [0.4, 0.5) is 0 Å². The van der Waals surface area contributed by atoms with Crippen LogP contribution in [0.15, 0.2) is 70.6 Å². The Morgan fingerprint density at radius 3 is 2.58 bits per heavy atom. The summed E-state index contributed by atoms with van der Waals surface area (Å²) in [6, 6.07) is 19.4. The minimum absolute atomic E-state index is 0.0274. The van der Waals surface area contributed by atoms with Crippen molar-refractivity contribution in [1.29, 1.82) is 0 Å². The van der Waals surface area contributed by atoms with Crippen LogP contribution in [-0.4, -0.2) is 36.8 Å². The fourth-order valence-electron chi connectivity index (χ4n) is 4.94. The van der Waals surface area contributed by atoms with Crippen molar-refractivity contribution in [2.24, 2.45) is 5.92 Å². The van der Waals surface area contributed by atoms with Crippen molar-refractivity contribution >= 4 is 44.9 Å². The number of nitrogens with zero attached hydrogens (tertiary/aromatic N) is 4. The van der Waals surface area contributed by atoms with E-state index < -0.39 is 0 Å². The van der Waals surface area contributed by atoms with Crippen LogP contribution >= 0.6 is 23.1 Å². The molecule has 6 rings (SSSR count). The normalized spacial score (nSPS) is 15.4. The summed E-state index contributed by atoms with van der Waals surface area (Å²) in [6.45, 7) is 5.29. The van der Waals surface area contributed by atoms with Gasteiger partial charge in [0, 0.05) is 23.4 Å². The second-order valence-corrected chi connectivity index (χ2v) is 11.9. The summed E-state index contributed by atoms with van der Waals surface area (Å²) >= 11 is 2.93. The first-order valence-electron chi connectivity index (χ1n) is 12.8. The van der Waals surface area contributed by atoms with E-state index in [1.165, 1.54) is 11.8 Å². The average Bonchev–Trinajstić information content (AvgIpc) is 3.54. The molecule has 0 N–H and O–H groups in total. The quantitative estimate of drug-likeness (QED) is 0.192. The van der Waals surface area contributed by atoms with Gasteiger partial charge in [-0.2, -0.15) is 0 Å². The van der Waals surface area contributed by atoms with Gasteiger partial charge in [-0.1, -0.05) is 86.3 Å². The first-order chi connectivity index (χ1) is 18.5. The van der Waals surface area contributed by atoms with Gasteiger partial charge in [-0.25, -0.2) is 4.40 Å². The summed E-state index contributed by atoms with van der Waals surface area (Å²) in [5.41, 5.74) is 2.87. The number of hydrogen-bond acceptors (Lipinski definition) is 7. The van der Waals surface area contributed by atoms with Gasteiger partial charge in [0.15, 0.2) is 10.9 Å². The Balaban J connectivity index is 1.45. The van der Waals surface area contributed by atoms with Gasteiger partial charge in [0.2, 0.25) is 5.78 Å². The standard InChI is InChI=1S/C29H28N4O3S2/c1-18(2)23-15-21-24(16-36-23)38-27-25(21)26(35)32(14-13-19-9-5-3-6-10-19)28-30-31-29(33(27)28)37-17-22(34)20-11-7-4-8-12-20/h3-12,18,23H,13-17H2,1-2H3/t23-/m0/s1. The molecule has 0 radical (unpaired) electrons. The van der Waals surface area contributed by atoms with E-state index in [0.29, 0.717) is 48.4 Å². The Bertz CT molecular complexity index is 1670. The van der Waals surface area contributed by atoms with Gasteiger partial charge >= 0.3 is 0 Å². The number of benzene rings is 2. The number of hydrogen-bond donors (Lipinski definition) is 0. The van der Waals surface area contributed by atoms with Gasteiger partial charge in [-0.05, 0) is 23.5 Å². The molecule has 4 heterocycles. The summed E-state index contributed by atoms with van der Waals surface area (Å²) < 4.78 is 9.85. The number of thioether (sulfide) groups is 1. The second-order valence-electron chi connectivity index (χ2n) is 9.87. The third-order valence-electron chi connectivity index (χ3n) is 7.06. The Morgan fingerprint density at radius 2 is 1.84 bits per heavy atom. The second kappa shape index (κ2) is 10.5. The average molecular weight is 545 g/mol. The van der Waals surface area contributed by atoms with Crippen molar-refractivity contribution in [2.45, 2.75) is 51.1 Å². The number of carbonyl (C=O) groups excluding carboxylic acids is 1. The molecule has 0 aliphatic carbocycles. The molecule has 0 saturated carbocycles. The van der Waals surface area contributed by atoms with E-state index in [9.17, 15) is 9.59 Å². The molecule has 0 unspecified atom stereocenters. The molecule has 9 heteroatoms. The van der Waals surface area contributed by atoms with Gasteiger partial charge in [0.05, 0.1) is 23.8 Å². The topological polar surface area (TPSA) is 78.5 Å². The van der Waals surface area contributed by atoms with Crippen molar-refractivity contribution in [3.8, 4) is 0 Å². The van der Waals surface area contributed by atoms with Crippen molar-refractivity contribution in [3.05, 3.63) is 92.6 Å². The van der Waals surface area contributed by atoms with Crippen molar-refractivity contribution < 1.29 is 9.53 Å². The van der Waals surface area contributed by atoms with Crippen molar-refractivity contribution in [3.63, 3.8) is 0 Å².